The zero-order chi connectivity index (χ0) is 13.0. The minimum Gasteiger partial charge on any atom is -0.378 e. The van der Waals surface area contributed by atoms with Gasteiger partial charge in [0, 0.05) is 29.2 Å². The molecule has 1 aliphatic heterocycles. The predicted octanol–water partition coefficient (Wildman–Crippen LogP) is 2.42. The van der Waals surface area contributed by atoms with E-state index >= 15 is 0 Å². The van der Waals surface area contributed by atoms with Gasteiger partial charge in [0.15, 0.2) is 0 Å². The van der Waals surface area contributed by atoms with E-state index in [0.717, 1.165) is 11.0 Å². The number of amides is 1. The van der Waals surface area contributed by atoms with Gasteiger partial charge in [-0.05, 0) is 34.1 Å². The van der Waals surface area contributed by atoms with Crippen LogP contribution in [-0.4, -0.2) is 31.7 Å². The molecule has 1 atom stereocenters. The van der Waals surface area contributed by atoms with E-state index in [2.05, 4.69) is 26.6 Å². The van der Waals surface area contributed by atoms with Crippen LogP contribution in [-0.2, 0) is 9.53 Å². The maximum Gasteiger partial charge on any atom is 0.226 e. The first-order chi connectivity index (χ1) is 8.65. The van der Waals surface area contributed by atoms with Crippen LogP contribution < -0.4 is 10.6 Å². The largest absolute Gasteiger partial charge is 0.378 e. The first kappa shape index (κ1) is 13.8. The highest BCUT2D eigenvalue weighted by molar-refractivity contribution is 9.10. The number of rotatable bonds is 3. The number of ether oxygens (including phenoxy) is 1. The Hall–Kier alpha value is -0.620. The van der Waals surface area contributed by atoms with Crippen LogP contribution in [0.5, 0.6) is 0 Å². The van der Waals surface area contributed by atoms with Crippen LogP contribution in [0.15, 0.2) is 22.7 Å². The van der Waals surface area contributed by atoms with Crippen LogP contribution in [0.4, 0.5) is 5.69 Å². The van der Waals surface area contributed by atoms with Crippen molar-refractivity contribution in [2.24, 2.45) is 0 Å². The summed E-state index contributed by atoms with van der Waals surface area (Å²) in [5, 5.41) is 6.63. The lowest BCUT2D eigenvalue weighted by Crippen LogP contribution is -2.43. The SMILES string of the molecule is O=C(CC1COCCN1)Nc1ccc(Br)c(Cl)c1. The minimum atomic E-state index is -0.0450. The number of halogens is 2. The lowest BCUT2D eigenvalue weighted by atomic mass is 10.2. The van der Waals surface area contributed by atoms with Gasteiger partial charge in [-0.15, -0.1) is 0 Å². The molecule has 0 radical (unpaired) electrons. The number of morpholine rings is 1. The lowest BCUT2D eigenvalue weighted by Gasteiger charge is -2.23. The number of hydrogen-bond acceptors (Lipinski definition) is 3. The quantitative estimate of drug-likeness (QED) is 0.893. The van der Waals surface area contributed by atoms with Crippen molar-refractivity contribution in [3.05, 3.63) is 27.7 Å². The molecule has 2 N–H and O–H groups in total. The molecule has 0 spiro atoms. The van der Waals surface area contributed by atoms with E-state index in [9.17, 15) is 4.79 Å². The van der Waals surface area contributed by atoms with Crippen molar-refractivity contribution in [3.63, 3.8) is 0 Å². The van der Waals surface area contributed by atoms with Crippen LogP contribution in [0.2, 0.25) is 5.02 Å². The Balaban J connectivity index is 1.88. The summed E-state index contributed by atoms with van der Waals surface area (Å²) in [4.78, 5) is 11.8. The molecule has 1 aromatic rings. The van der Waals surface area contributed by atoms with Crippen LogP contribution in [0, 0.1) is 0 Å². The average molecular weight is 334 g/mol. The highest BCUT2D eigenvalue weighted by Gasteiger charge is 2.16. The molecule has 0 saturated carbocycles. The number of hydrogen-bond donors (Lipinski definition) is 2. The molecule has 0 aliphatic carbocycles. The second-order valence-electron chi connectivity index (χ2n) is 4.11. The molecule has 1 aromatic carbocycles. The van der Waals surface area contributed by atoms with Gasteiger partial charge in [0.05, 0.1) is 18.2 Å². The zero-order valence-corrected chi connectivity index (χ0v) is 12.1. The minimum absolute atomic E-state index is 0.0450. The van der Waals surface area contributed by atoms with Crippen molar-refractivity contribution >= 4 is 39.1 Å². The van der Waals surface area contributed by atoms with E-state index in [1.54, 1.807) is 18.2 Å². The summed E-state index contributed by atoms with van der Waals surface area (Å²) in [5.74, 6) is -0.0450. The van der Waals surface area contributed by atoms with E-state index in [1.807, 2.05) is 0 Å². The fraction of sp³-hybridized carbons (Fsp3) is 0.417. The summed E-state index contributed by atoms with van der Waals surface area (Å²) in [5.41, 5.74) is 0.699. The molecule has 1 amide bonds. The molecule has 1 saturated heterocycles. The van der Waals surface area contributed by atoms with Crippen molar-refractivity contribution in [3.8, 4) is 0 Å². The summed E-state index contributed by atoms with van der Waals surface area (Å²) in [7, 11) is 0. The Kier molecular flexibility index (Phi) is 5.00. The highest BCUT2D eigenvalue weighted by atomic mass is 79.9. The van der Waals surface area contributed by atoms with Crippen molar-refractivity contribution in [2.75, 3.05) is 25.1 Å². The predicted molar refractivity (Wildman–Crippen MR) is 75.0 cm³/mol. The third-order valence-electron chi connectivity index (χ3n) is 2.63. The van der Waals surface area contributed by atoms with Crippen molar-refractivity contribution < 1.29 is 9.53 Å². The first-order valence-corrected chi connectivity index (χ1v) is 6.88. The summed E-state index contributed by atoms with van der Waals surface area (Å²) in [6.07, 6.45) is 0.397. The molecule has 98 valence electrons. The standard InChI is InChI=1S/C12H14BrClN2O2/c13-10-2-1-8(5-11(10)14)16-12(17)6-9-7-18-4-3-15-9/h1-2,5,9,15H,3-4,6-7H2,(H,16,17). The van der Waals surface area contributed by atoms with E-state index < -0.39 is 0 Å². The van der Waals surface area contributed by atoms with Gasteiger partial charge in [0.1, 0.15) is 0 Å². The molecular formula is C12H14BrClN2O2. The van der Waals surface area contributed by atoms with Gasteiger partial charge in [-0.1, -0.05) is 11.6 Å². The van der Waals surface area contributed by atoms with Gasteiger partial charge in [0.25, 0.3) is 0 Å². The maximum absolute atomic E-state index is 11.8. The number of carbonyl (C=O) groups excluding carboxylic acids is 1. The van der Waals surface area contributed by atoms with Gasteiger partial charge in [-0.3, -0.25) is 4.79 Å². The zero-order valence-electron chi connectivity index (χ0n) is 9.71. The number of nitrogens with one attached hydrogen (secondary N) is 2. The van der Waals surface area contributed by atoms with Gasteiger partial charge in [0.2, 0.25) is 5.91 Å². The molecular weight excluding hydrogens is 320 g/mol. The van der Waals surface area contributed by atoms with E-state index in [-0.39, 0.29) is 11.9 Å². The smallest absolute Gasteiger partial charge is 0.226 e. The molecule has 18 heavy (non-hydrogen) atoms. The van der Waals surface area contributed by atoms with E-state index in [4.69, 9.17) is 16.3 Å². The summed E-state index contributed by atoms with van der Waals surface area (Å²) in [6.45, 7) is 2.08. The van der Waals surface area contributed by atoms with Crippen LogP contribution in [0.25, 0.3) is 0 Å². The molecule has 1 fully saturated rings. The van der Waals surface area contributed by atoms with E-state index in [0.29, 0.717) is 30.3 Å². The molecule has 0 aromatic heterocycles. The first-order valence-electron chi connectivity index (χ1n) is 5.71. The Labute approximate surface area is 119 Å². The number of carbonyl (C=O) groups is 1. The van der Waals surface area contributed by atoms with Gasteiger partial charge in [-0.25, -0.2) is 0 Å². The molecule has 2 rings (SSSR count). The van der Waals surface area contributed by atoms with Crippen LogP contribution in [0.1, 0.15) is 6.42 Å². The Morgan fingerprint density at radius 1 is 1.61 bits per heavy atom. The van der Waals surface area contributed by atoms with E-state index in [1.165, 1.54) is 0 Å². The fourth-order valence-electron chi connectivity index (χ4n) is 1.76. The molecule has 1 aliphatic rings. The second-order valence-corrected chi connectivity index (χ2v) is 5.37. The number of benzene rings is 1. The summed E-state index contributed by atoms with van der Waals surface area (Å²) in [6, 6.07) is 5.41. The summed E-state index contributed by atoms with van der Waals surface area (Å²) >= 11 is 9.26. The number of anilines is 1. The van der Waals surface area contributed by atoms with Crippen molar-refractivity contribution in [1.29, 1.82) is 0 Å². The second kappa shape index (κ2) is 6.52. The molecule has 1 heterocycles. The lowest BCUT2D eigenvalue weighted by molar-refractivity contribution is -0.117. The average Bonchev–Trinajstić information content (AvgIpc) is 2.35. The Morgan fingerprint density at radius 3 is 3.11 bits per heavy atom. The monoisotopic (exact) mass is 332 g/mol. The van der Waals surface area contributed by atoms with Gasteiger partial charge in [-0.2, -0.15) is 0 Å². The molecule has 6 heteroatoms. The third-order valence-corrected chi connectivity index (χ3v) is 3.87. The normalized spacial score (nSPS) is 19.6. The van der Waals surface area contributed by atoms with Crippen molar-refractivity contribution in [1.82, 2.24) is 5.32 Å². The highest BCUT2D eigenvalue weighted by Crippen LogP contribution is 2.25. The fourth-order valence-corrected chi connectivity index (χ4v) is 2.19. The van der Waals surface area contributed by atoms with Gasteiger partial charge < -0.3 is 15.4 Å². The Morgan fingerprint density at radius 2 is 2.44 bits per heavy atom. The molecule has 4 nitrogen and oxygen atoms in total. The van der Waals surface area contributed by atoms with Crippen LogP contribution >= 0.6 is 27.5 Å². The van der Waals surface area contributed by atoms with Crippen LogP contribution in [0.3, 0.4) is 0 Å². The molecule has 0 bridgehead atoms. The third kappa shape index (κ3) is 3.95. The Bertz CT molecular complexity index is 436. The summed E-state index contributed by atoms with van der Waals surface area (Å²) < 4.78 is 6.11. The van der Waals surface area contributed by atoms with Crippen molar-refractivity contribution in [2.45, 2.75) is 12.5 Å². The van der Waals surface area contributed by atoms with Gasteiger partial charge >= 0.3 is 0 Å². The molecule has 1 unspecified atom stereocenters. The maximum atomic E-state index is 11.8. The topological polar surface area (TPSA) is 50.4 Å².